The molecule has 0 saturated heterocycles. The monoisotopic (exact) mass is 277 g/mol. The molecule has 19 heavy (non-hydrogen) atoms. The highest BCUT2D eigenvalue weighted by Crippen LogP contribution is 2.30. The molecule has 0 bridgehead atoms. The normalized spacial score (nSPS) is 22.8. The number of rotatable bonds is 4. The number of ether oxygens (including phenoxy) is 1. The molecule has 2 unspecified atom stereocenters. The lowest BCUT2D eigenvalue weighted by Gasteiger charge is -2.30. The summed E-state index contributed by atoms with van der Waals surface area (Å²) in [4.78, 5) is 1.27. The second-order valence-corrected chi connectivity index (χ2v) is 6.11. The Morgan fingerprint density at radius 3 is 3.05 bits per heavy atom. The summed E-state index contributed by atoms with van der Waals surface area (Å²) in [6.45, 7) is 3.43. The fourth-order valence-corrected chi connectivity index (χ4v) is 3.46. The van der Waals surface area contributed by atoms with Crippen LogP contribution >= 0.6 is 11.3 Å². The molecule has 1 fully saturated rings. The van der Waals surface area contributed by atoms with Crippen molar-refractivity contribution in [3.8, 4) is 11.8 Å². The van der Waals surface area contributed by atoms with Gasteiger partial charge in [0.25, 0.3) is 0 Å². The van der Waals surface area contributed by atoms with Gasteiger partial charge in [-0.25, -0.2) is 0 Å². The molecule has 1 aromatic rings. The van der Waals surface area contributed by atoms with Crippen molar-refractivity contribution in [3.05, 3.63) is 21.9 Å². The topological polar surface area (TPSA) is 35.2 Å². The van der Waals surface area contributed by atoms with Gasteiger partial charge in [-0.15, -0.1) is 11.3 Å². The van der Waals surface area contributed by atoms with Gasteiger partial charge in [-0.3, -0.25) is 0 Å². The third kappa shape index (κ3) is 4.35. The number of thiophene rings is 1. The Hall–Kier alpha value is -0.820. The van der Waals surface area contributed by atoms with Crippen molar-refractivity contribution in [2.75, 3.05) is 6.54 Å². The largest absolute Gasteiger partial charge is 0.372 e. The van der Waals surface area contributed by atoms with E-state index in [1.165, 1.54) is 37.0 Å². The van der Waals surface area contributed by atoms with Gasteiger partial charge < -0.3 is 10.5 Å². The Balaban J connectivity index is 1.85. The van der Waals surface area contributed by atoms with Gasteiger partial charge in [0.15, 0.2) is 0 Å². The van der Waals surface area contributed by atoms with Crippen LogP contribution in [0.25, 0.3) is 0 Å². The van der Waals surface area contributed by atoms with Crippen molar-refractivity contribution >= 4 is 11.3 Å². The summed E-state index contributed by atoms with van der Waals surface area (Å²) >= 11 is 1.73. The lowest BCUT2D eigenvalue weighted by molar-refractivity contribution is -0.0211. The molecule has 104 valence electrons. The Morgan fingerprint density at radius 2 is 2.26 bits per heavy atom. The second-order valence-electron chi connectivity index (χ2n) is 5.11. The third-order valence-electron chi connectivity index (χ3n) is 3.79. The van der Waals surface area contributed by atoms with Crippen LogP contribution in [0.15, 0.2) is 11.4 Å². The smallest absolute Gasteiger partial charge is 0.0813 e. The zero-order valence-corrected chi connectivity index (χ0v) is 12.5. The van der Waals surface area contributed by atoms with E-state index in [1.54, 1.807) is 11.3 Å². The molecule has 2 nitrogen and oxygen atoms in total. The van der Waals surface area contributed by atoms with Crippen LogP contribution in [0.5, 0.6) is 0 Å². The van der Waals surface area contributed by atoms with Gasteiger partial charge in [-0.05, 0) is 24.8 Å². The SMILES string of the molecule is CCC1CCCCC1OCc1cc(C#CCN)cs1. The summed E-state index contributed by atoms with van der Waals surface area (Å²) in [7, 11) is 0. The van der Waals surface area contributed by atoms with Crippen LogP contribution in [0.1, 0.15) is 49.5 Å². The van der Waals surface area contributed by atoms with E-state index in [0.29, 0.717) is 12.6 Å². The summed E-state index contributed by atoms with van der Waals surface area (Å²) in [5, 5.41) is 2.08. The lowest BCUT2D eigenvalue weighted by atomic mass is 9.85. The van der Waals surface area contributed by atoms with Crippen molar-refractivity contribution in [3.63, 3.8) is 0 Å². The van der Waals surface area contributed by atoms with Gasteiger partial charge in [-0.2, -0.15) is 0 Å². The molecular weight excluding hydrogens is 254 g/mol. The van der Waals surface area contributed by atoms with Gasteiger partial charge >= 0.3 is 0 Å². The molecule has 1 saturated carbocycles. The highest BCUT2D eigenvalue weighted by atomic mass is 32.1. The van der Waals surface area contributed by atoms with Crippen LogP contribution in [0.4, 0.5) is 0 Å². The summed E-state index contributed by atoms with van der Waals surface area (Å²) in [6.07, 6.45) is 6.94. The number of hydrogen-bond donors (Lipinski definition) is 1. The lowest BCUT2D eigenvalue weighted by Crippen LogP contribution is -2.26. The van der Waals surface area contributed by atoms with E-state index >= 15 is 0 Å². The summed E-state index contributed by atoms with van der Waals surface area (Å²) in [5.74, 6) is 6.70. The minimum atomic E-state index is 0.419. The Bertz CT molecular complexity index is 443. The van der Waals surface area contributed by atoms with E-state index < -0.39 is 0 Å². The molecule has 0 amide bonds. The van der Waals surface area contributed by atoms with E-state index in [9.17, 15) is 0 Å². The van der Waals surface area contributed by atoms with E-state index in [0.717, 1.165) is 18.1 Å². The number of nitrogens with two attached hydrogens (primary N) is 1. The van der Waals surface area contributed by atoms with Crippen LogP contribution in [-0.2, 0) is 11.3 Å². The van der Waals surface area contributed by atoms with E-state index in [4.69, 9.17) is 10.5 Å². The molecule has 1 heterocycles. The summed E-state index contributed by atoms with van der Waals surface area (Å²) < 4.78 is 6.13. The highest BCUT2D eigenvalue weighted by Gasteiger charge is 2.24. The third-order valence-corrected chi connectivity index (χ3v) is 4.70. The molecule has 1 aliphatic carbocycles. The molecule has 2 N–H and O–H groups in total. The fraction of sp³-hybridized carbons (Fsp3) is 0.625. The average molecular weight is 277 g/mol. The van der Waals surface area contributed by atoms with Crippen LogP contribution in [0.3, 0.4) is 0 Å². The standard InChI is InChI=1S/C16H23NOS/c1-2-14-7-3-4-8-16(14)18-11-15-10-13(12-19-15)6-5-9-17/h10,12,14,16H,2-4,7-9,11,17H2,1H3. The van der Waals surface area contributed by atoms with Crippen molar-refractivity contribution in [2.24, 2.45) is 11.7 Å². The molecule has 1 aliphatic rings. The first-order valence-corrected chi connectivity index (χ1v) is 8.09. The van der Waals surface area contributed by atoms with Gasteiger partial charge in [0.1, 0.15) is 0 Å². The van der Waals surface area contributed by atoms with E-state index in [2.05, 4.69) is 30.2 Å². The maximum atomic E-state index is 6.13. The van der Waals surface area contributed by atoms with E-state index in [-0.39, 0.29) is 0 Å². The maximum Gasteiger partial charge on any atom is 0.0813 e. The minimum Gasteiger partial charge on any atom is -0.372 e. The Kier molecular flexibility index (Phi) is 5.91. The predicted molar refractivity (Wildman–Crippen MR) is 81.1 cm³/mol. The van der Waals surface area contributed by atoms with Crippen LogP contribution in [-0.4, -0.2) is 12.6 Å². The predicted octanol–water partition coefficient (Wildman–Crippen LogP) is 3.54. The van der Waals surface area contributed by atoms with E-state index in [1.807, 2.05) is 0 Å². The van der Waals surface area contributed by atoms with Gasteiger partial charge in [0, 0.05) is 15.8 Å². The van der Waals surface area contributed by atoms with Gasteiger partial charge in [0.05, 0.1) is 19.3 Å². The first kappa shape index (κ1) is 14.6. The maximum absolute atomic E-state index is 6.13. The second kappa shape index (κ2) is 7.69. The first-order valence-electron chi connectivity index (χ1n) is 7.21. The number of hydrogen-bond acceptors (Lipinski definition) is 3. The molecular formula is C16H23NOS. The zero-order chi connectivity index (χ0) is 13.5. The van der Waals surface area contributed by atoms with Crippen LogP contribution < -0.4 is 5.73 Å². The molecule has 3 heteroatoms. The molecule has 0 spiro atoms. The van der Waals surface area contributed by atoms with Crippen LogP contribution in [0, 0.1) is 17.8 Å². The van der Waals surface area contributed by atoms with Crippen molar-refractivity contribution in [2.45, 2.75) is 51.7 Å². The summed E-state index contributed by atoms with van der Waals surface area (Å²) in [6, 6.07) is 2.12. The Labute approximate surface area is 120 Å². The highest BCUT2D eigenvalue weighted by molar-refractivity contribution is 7.10. The summed E-state index contributed by atoms with van der Waals surface area (Å²) in [5.41, 5.74) is 6.43. The molecule has 1 aromatic heterocycles. The quantitative estimate of drug-likeness (QED) is 0.854. The molecule has 2 atom stereocenters. The van der Waals surface area contributed by atoms with Gasteiger partial charge in [0.2, 0.25) is 0 Å². The zero-order valence-electron chi connectivity index (χ0n) is 11.7. The van der Waals surface area contributed by atoms with Crippen molar-refractivity contribution in [1.82, 2.24) is 0 Å². The molecule has 2 rings (SSSR count). The Morgan fingerprint density at radius 1 is 1.42 bits per heavy atom. The molecule has 0 aliphatic heterocycles. The van der Waals surface area contributed by atoms with Crippen molar-refractivity contribution < 1.29 is 4.74 Å². The van der Waals surface area contributed by atoms with Crippen molar-refractivity contribution in [1.29, 1.82) is 0 Å². The molecule has 0 aromatic carbocycles. The van der Waals surface area contributed by atoms with Gasteiger partial charge in [-0.1, -0.05) is 38.0 Å². The minimum absolute atomic E-state index is 0.419. The first-order chi connectivity index (χ1) is 9.33. The van der Waals surface area contributed by atoms with Crippen LogP contribution in [0.2, 0.25) is 0 Å². The fourth-order valence-electron chi connectivity index (χ4n) is 2.72. The molecule has 0 radical (unpaired) electrons. The average Bonchev–Trinajstić information content (AvgIpc) is 2.91.